The van der Waals surface area contributed by atoms with Crippen LogP contribution in [0.25, 0.3) is 55.0 Å². The third kappa shape index (κ3) is 7.50. The molecule has 0 bridgehead atoms. The van der Waals surface area contributed by atoms with E-state index >= 15 is 0 Å². The molecule has 0 aliphatic heterocycles. The van der Waals surface area contributed by atoms with Crippen molar-refractivity contribution in [3.63, 3.8) is 0 Å². The van der Waals surface area contributed by atoms with Gasteiger partial charge < -0.3 is 19.1 Å². The highest BCUT2D eigenvalue weighted by molar-refractivity contribution is 6.22. The molecule has 322 valence electrons. The third-order valence-electron chi connectivity index (χ3n) is 12.8. The summed E-state index contributed by atoms with van der Waals surface area (Å²) in [6.45, 7) is 0. The van der Waals surface area contributed by atoms with Crippen LogP contribution in [-0.2, 0) is 0 Å². The maximum Gasteiger partial charge on any atom is 0.138 e. The number of nitrogens with zero attached hydrogens (tertiary/aromatic N) is 3. The molecule has 0 fully saturated rings. The SMILES string of the molecule is c1ccc(-c2ccc(N(c3ccccc3)c3cc(-c4ccccc4N(c4ccccc4)c4cc5oc6ccccc6c5c5ccccc45)cc(N(c4ccccc4)c4ccccc4)c3)cc2)cc1. The number of anilines is 9. The van der Waals surface area contributed by atoms with Crippen LogP contribution in [0, 0.1) is 0 Å². The van der Waals surface area contributed by atoms with Crippen molar-refractivity contribution in [2.24, 2.45) is 0 Å². The van der Waals surface area contributed by atoms with Crippen molar-refractivity contribution in [1.29, 1.82) is 0 Å². The summed E-state index contributed by atoms with van der Waals surface area (Å²) >= 11 is 0. The second-order valence-corrected chi connectivity index (χ2v) is 16.9. The summed E-state index contributed by atoms with van der Waals surface area (Å²) < 4.78 is 6.69. The molecule has 12 rings (SSSR count). The Kier molecular flexibility index (Phi) is 10.5. The zero-order valence-corrected chi connectivity index (χ0v) is 37.2. The van der Waals surface area contributed by atoms with Gasteiger partial charge in [-0.2, -0.15) is 0 Å². The fourth-order valence-electron chi connectivity index (χ4n) is 9.72. The van der Waals surface area contributed by atoms with E-state index in [4.69, 9.17) is 4.42 Å². The third-order valence-corrected chi connectivity index (χ3v) is 12.8. The highest BCUT2D eigenvalue weighted by Crippen LogP contribution is 2.49. The van der Waals surface area contributed by atoms with Crippen LogP contribution in [0.1, 0.15) is 0 Å². The van der Waals surface area contributed by atoms with Crippen LogP contribution >= 0.6 is 0 Å². The van der Waals surface area contributed by atoms with E-state index in [1.165, 1.54) is 11.1 Å². The average Bonchev–Trinajstić information content (AvgIpc) is 3.80. The fourth-order valence-corrected chi connectivity index (χ4v) is 9.72. The monoisotopic (exact) mass is 871 g/mol. The van der Waals surface area contributed by atoms with Gasteiger partial charge in [-0.1, -0.05) is 176 Å². The maximum atomic E-state index is 6.69. The number of fused-ring (bicyclic) bond motifs is 5. The predicted octanol–water partition coefficient (Wildman–Crippen LogP) is 18.5. The van der Waals surface area contributed by atoms with E-state index in [1.807, 2.05) is 6.07 Å². The van der Waals surface area contributed by atoms with Gasteiger partial charge in [0.2, 0.25) is 0 Å². The van der Waals surface area contributed by atoms with Crippen molar-refractivity contribution in [2.75, 3.05) is 14.7 Å². The molecule has 0 spiro atoms. The molecule has 0 saturated heterocycles. The van der Waals surface area contributed by atoms with Crippen molar-refractivity contribution in [3.8, 4) is 22.3 Å². The number of hydrogen-bond acceptors (Lipinski definition) is 4. The molecule has 4 nitrogen and oxygen atoms in total. The molecular formula is C64H45N3O. The number of rotatable bonds is 11. The van der Waals surface area contributed by atoms with E-state index in [0.717, 1.165) is 95.0 Å². The lowest BCUT2D eigenvalue weighted by Crippen LogP contribution is -2.14. The Labute approximate surface area is 396 Å². The zero-order valence-electron chi connectivity index (χ0n) is 37.2. The molecule has 11 aromatic carbocycles. The Balaban J connectivity index is 1.12. The van der Waals surface area contributed by atoms with E-state index in [-0.39, 0.29) is 0 Å². The minimum absolute atomic E-state index is 0.848. The summed E-state index contributed by atoms with van der Waals surface area (Å²) in [5, 5.41) is 4.51. The lowest BCUT2D eigenvalue weighted by molar-refractivity contribution is 0.669. The van der Waals surface area contributed by atoms with Crippen molar-refractivity contribution < 1.29 is 4.42 Å². The van der Waals surface area contributed by atoms with Crippen LogP contribution in [0.2, 0.25) is 0 Å². The molecule has 12 aromatic rings. The molecular weight excluding hydrogens is 827 g/mol. The minimum atomic E-state index is 0.848. The van der Waals surface area contributed by atoms with E-state index in [0.29, 0.717) is 0 Å². The van der Waals surface area contributed by atoms with Gasteiger partial charge in [-0.05, 0) is 113 Å². The first-order chi connectivity index (χ1) is 33.7. The molecule has 4 heteroatoms. The number of benzene rings is 11. The molecule has 1 heterocycles. The van der Waals surface area contributed by atoms with Crippen LogP contribution in [0.15, 0.2) is 277 Å². The summed E-state index contributed by atoms with van der Waals surface area (Å²) in [5.41, 5.74) is 15.6. The van der Waals surface area contributed by atoms with Crippen LogP contribution in [0.5, 0.6) is 0 Å². The lowest BCUT2D eigenvalue weighted by Gasteiger charge is -2.32. The Bertz CT molecular complexity index is 3630. The second-order valence-electron chi connectivity index (χ2n) is 16.9. The van der Waals surface area contributed by atoms with Crippen LogP contribution in [0.3, 0.4) is 0 Å². The molecule has 1 aromatic heterocycles. The molecule has 68 heavy (non-hydrogen) atoms. The van der Waals surface area contributed by atoms with Crippen molar-refractivity contribution >= 4 is 83.9 Å². The van der Waals surface area contributed by atoms with Crippen molar-refractivity contribution in [2.45, 2.75) is 0 Å². The van der Waals surface area contributed by atoms with E-state index in [2.05, 4.69) is 282 Å². The Morgan fingerprint density at radius 1 is 0.235 bits per heavy atom. The van der Waals surface area contributed by atoms with Gasteiger partial charge in [0.25, 0.3) is 0 Å². The fraction of sp³-hybridized carbons (Fsp3) is 0. The summed E-state index contributed by atoms with van der Waals surface area (Å²) in [5.74, 6) is 0. The summed E-state index contributed by atoms with van der Waals surface area (Å²) in [6.07, 6.45) is 0. The van der Waals surface area contributed by atoms with Gasteiger partial charge in [0.05, 0.1) is 11.4 Å². The highest BCUT2D eigenvalue weighted by atomic mass is 16.3. The molecule has 0 aliphatic rings. The summed E-state index contributed by atoms with van der Waals surface area (Å²) in [6, 6.07) is 97.3. The van der Waals surface area contributed by atoms with Gasteiger partial charge in [0.1, 0.15) is 11.2 Å². The first-order valence-electron chi connectivity index (χ1n) is 23.1. The minimum Gasteiger partial charge on any atom is -0.456 e. The van der Waals surface area contributed by atoms with Gasteiger partial charge in [0.15, 0.2) is 0 Å². The standard InChI is InChI=1S/C64H45N3O/c1-6-22-46(23-7-1)47-38-40-53(41-39-47)66(51-28-12-4-13-29-51)55-43-48(42-54(44-55)65(49-24-8-2-9-25-49)50-26-10-3-11-27-50)56-32-18-20-36-60(56)67(52-30-14-5-15-31-52)61-45-63-64(58-34-17-16-33-57(58)61)59-35-19-21-37-62(59)68-63/h1-45H. The maximum absolute atomic E-state index is 6.69. The van der Waals surface area contributed by atoms with Crippen LogP contribution in [-0.4, -0.2) is 0 Å². The van der Waals surface area contributed by atoms with E-state index in [1.54, 1.807) is 0 Å². The van der Waals surface area contributed by atoms with E-state index in [9.17, 15) is 0 Å². The molecule has 0 aliphatic carbocycles. The van der Waals surface area contributed by atoms with E-state index < -0.39 is 0 Å². The van der Waals surface area contributed by atoms with Crippen LogP contribution in [0.4, 0.5) is 51.2 Å². The van der Waals surface area contributed by atoms with Crippen molar-refractivity contribution in [3.05, 3.63) is 273 Å². The first-order valence-corrected chi connectivity index (χ1v) is 23.1. The number of para-hydroxylation sites is 6. The van der Waals surface area contributed by atoms with Crippen molar-refractivity contribution in [1.82, 2.24) is 0 Å². The summed E-state index contributed by atoms with van der Waals surface area (Å²) in [7, 11) is 0. The largest absolute Gasteiger partial charge is 0.456 e. The lowest BCUT2D eigenvalue weighted by atomic mass is 9.97. The molecule has 0 N–H and O–H groups in total. The Morgan fingerprint density at radius 2 is 0.662 bits per heavy atom. The van der Waals surface area contributed by atoms with Crippen LogP contribution < -0.4 is 14.7 Å². The average molecular weight is 872 g/mol. The topological polar surface area (TPSA) is 22.9 Å². The van der Waals surface area contributed by atoms with Gasteiger partial charge in [0, 0.05) is 67.6 Å². The highest BCUT2D eigenvalue weighted by Gasteiger charge is 2.25. The summed E-state index contributed by atoms with van der Waals surface area (Å²) in [4.78, 5) is 7.13. The van der Waals surface area contributed by atoms with Gasteiger partial charge >= 0.3 is 0 Å². The molecule has 0 radical (unpaired) electrons. The normalized spacial score (nSPS) is 11.2. The van der Waals surface area contributed by atoms with Gasteiger partial charge in [-0.15, -0.1) is 0 Å². The smallest absolute Gasteiger partial charge is 0.138 e. The second kappa shape index (κ2) is 17.7. The quantitative estimate of drug-likeness (QED) is 0.129. The molecule has 0 saturated carbocycles. The van der Waals surface area contributed by atoms with Gasteiger partial charge in [-0.3, -0.25) is 0 Å². The van der Waals surface area contributed by atoms with Gasteiger partial charge in [-0.25, -0.2) is 0 Å². The molecule has 0 unspecified atom stereocenters. The predicted molar refractivity (Wildman–Crippen MR) is 286 cm³/mol. The Morgan fingerprint density at radius 3 is 1.24 bits per heavy atom. The molecule has 0 atom stereocenters. The number of hydrogen-bond donors (Lipinski definition) is 0. The molecule has 0 amide bonds. The number of furan rings is 1. The zero-order chi connectivity index (χ0) is 45.2. The Hall–Kier alpha value is -9.12. The first kappa shape index (κ1) is 40.4.